The van der Waals surface area contributed by atoms with Gasteiger partial charge in [-0.15, -0.1) is 0 Å². The fraction of sp³-hybridized carbons (Fsp3) is 0.500. The van der Waals surface area contributed by atoms with Gasteiger partial charge in [-0.25, -0.2) is 0 Å². The Morgan fingerprint density at radius 1 is 1.86 bits per heavy atom. The van der Waals surface area contributed by atoms with Gasteiger partial charge in [0.05, 0.1) is 6.10 Å². The molecule has 1 heterocycles. The molecule has 0 amide bonds. The average molecular weight is 100 g/mol. The smallest absolute Gasteiger partial charge is 0.0903 e. The number of aliphatic hydroxyl groups excluding tert-OH is 1. The van der Waals surface area contributed by atoms with Crippen LogP contribution in [0.25, 0.3) is 0 Å². The van der Waals surface area contributed by atoms with E-state index in [1.54, 1.807) is 0 Å². The molecular formula is C4H6NO2-. The quantitative estimate of drug-likeness (QED) is 0.453. The van der Waals surface area contributed by atoms with Gasteiger partial charge in [0.1, 0.15) is 0 Å². The Morgan fingerprint density at radius 3 is 2.71 bits per heavy atom. The second kappa shape index (κ2) is 1.52. The van der Waals surface area contributed by atoms with Crippen LogP contribution < -0.4 is 0 Å². The molecular weight excluding hydrogens is 94.0 g/mol. The van der Waals surface area contributed by atoms with E-state index in [1.165, 1.54) is 12.3 Å². The summed E-state index contributed by atoms with van der Waals surface area (Å²) in [5.74, 6) is 0. The molecule has 0 bridgehead atoms. The zero-order valence-corrected chi connectivity index (χ0v) is 3.74. The molecule has 0 spiro atoms. The summed E-state index contributed by atoms with van der Waals surface area (Å²) in [7, 11) is 0. The highest BCUT2D eigenvalue weighted by Gasteiger charge is 2.02. The number of hydroxylamine groups is 2. The Labute approximate surface area is 41.4 Å². The Balaban J connectivity index is 2.42. The molecule has 1 unspecified atom stereocenters. The molecule has 1 aliphatic heterocycles. The van der Waals surface area contributed by atoms with Crippen molar-refractivity contribution in [1.29, 1.82) is 0 Å². The first-order chi connectivity index (χ1) is 3.29. The Morgan fingerprint density at radius 2 is 2.57 bits per heavy atom. The Bertz CT molecular complexity index is 81.7. The summed E-state index contributed by atoms with van der Waals surface area (Å²) in [6.07, 6.45) is 2.25. The van der Waals surface area contributed by atoms with Gasteiger partial charge in [-0.2, -0.15) is 0 Å². The van der Waals surface area contributed by atoms with E-state index >= 15 is 0 Å². The molecule has 0 radical (unpaired) electrons. The maximum atomic E-state index is 10.1. The molecule has 7 heavy (non-hydrogen) atoms. The SMILES string of the molecule is [O-]N1C=CC(O)C1. The molecule has 0 aromatic heterocycles. The van der Waals surface area contributed by atoms with E-state index in [-0.39, 0.29) is 6.54 Å². The van der Waals surface area contributed by atoms with Crippen molar-refractivity contribution in [1.82, 2.24) is 5.06 Å². The lowest BCUT2D eigenvalue weighted by Gasteiger charge is -2.20. The molecule has 0 aromatic carbocycles. The van der Waals surface area contributed by atoms with E-state index in [1.807, 2.05) is 0 Å². The van der Waals surface area contributed by atoms with Crippen LogP contribution in [0.2, 0.25) is 0 Å². The summed E-state index contributed by atoms with van der Waals surface area (Å²) < 4.78 is 0. The van der Waals surface area contributed by atoms with Crippen molar-refractivity contribution in [3.8, 4) is 0 Å². The number of aliphatic hydroxyl groups is 1. The van der Waals surface area contributed by atoms with Crippen LogP contribution in [-0.4, -0.2) is 22.8 Å². The number of β-amino-alcohol motifs (C(OH)–C–C–N with tert-alkyl or cyclic N) is 1. The summed E-state index contributed by atoms with van der Waals surface area (Å²) in [6.45, 7) is 0.194. The highest BCUT2D eigenvalue weighted by atomic mass is 16.5. The highest BCUT2D eigenvalue weighted by molar-refractivity contribution is 4.98. The van der Waals surface area contributed by atoms with Crippen LogP contribution in [0.5, 0.6) is 0 Å². The first kappa shape index (κ1) is 4.61. The van der Waals surface area contributed by atoms with Crippen molar-refractivity contribution in [2.24, 2.45) is 0 Å². The monoisotopic (exact) mass is 100 g/mol. The van der Waals surface area contributed by atoms with E-state index in [9.17, 15) is 5.21 Å². The van der Waals surface area contributed by atoms with Crippen molar-refractivity contribution < 1.29 is 5.11 Å². The molecule has 1 atom stereocenters. The van der Waals surface area contributed by atoms with Gasteiger partial charge >= 0.3 is 0 Å². The first-order valence-corrected chi connectivity index (χ1v) is 2.09. The first-order valence-electron chi connectivity index (χ1n) is 2.09. The van der Waals surface area contributed by atoms with Crippen LogP contribution >= 0.6 is 0 Å². The summed E-state index contributed by atoms with van der Waals surface area (Å²) in [5, 5.41) is 19.4. The lowest BCUT2D eigenvalue weighted by Crippen LogP contribution is -2.13. The number of hydrogen-bond donors (Lipinski definition) is 1. The lowest BCUT2D eigenvalue weighted by atomic mass is 10.4. The maximum Gasteiger partial charge on any atom is 0.0903 e. The van der Waals surface area contributed by atoms with E-state index in [0.717, 1.165) is 0 Å². The Hall–Kier alpha value is -0.540. The van der Waals surface area contributed by atoms with Gasteiger partial charge < -0.3 is 15.4 Å². The third kappa shape index (κ3) is 0.913. The molecule has 1 N–H and O–H groups in total. The highest BCUT2D eigenvalue weighted by Crippen LogP contribution is 2.00. The summed E-state index contributed by atoms with van der Waals surface area (Å²) in [6, 6.07) is 0. The predicted octanol–water partition coefficient (Wildman–Crippen LogP) is -0.326. The summed E-state index contributed by atoms with van der Waals surface area (Å²) in [5.41, 5.74) is 0. The van der Waals surface area contributed by atoms with Crippen LogP contribution in [-0.2, 0) is 0 Å². The minimum atomic E-state index is -0.544. The third-order valence-corrected chi connectivity index (χ3v) is 0.841. The van der Waals surface area contributed by atoms with Gasteiger partial charge in [0.15, 0.2) is 0 Å². The largest absolute Gasteiger partial charge is 0.759 e. The van der Waals surface area contributed by atoms with Gasteiger partial charge in [-0.05, 0) is 12.3 Å². The normalized spacial score (nSPS) is 29.4. The van der Waals surface area contributed by atoms with Crippen LogP contribution in [0.15, 0.2) is 12.3 Å². The molecule has 1 aliphatic rings. The van der Waals surface area contributed by atoms with Gasteiger partial charge in [-0.1, -0.05) is 0 Å². The Kier molecular flexibility index (Phi) is 1.00. The average Bonchev–Trinajstić information content (AvgIpc) is 1.87. The molecule has 0 saturated carbocycles. The summed E-state index contributed by atoms with van der Waals surface area (Å²) in [4.78, 5) is 0. The molecule has 0 aromatic rings. The van der Waals surface area contributed by atoms with Crippen LogP contribution in [0.1, 0.15) is 0 Å². The minimum Gasteiger partial charge on any atom is -0.759 e. The van der Waals surface area contributed by atoms with Crippen molar-refractivity contribution >= 4 is 0 Å². The second-order valence-corrected chi connectivity index (χ2v) is 1.51. The fourth-order valence-electron chi connectivity index (χ4n) is 0.501. The fourth-order valence-corrected chi connectivity index (χ4v) is 0.501. The van der Waals surface area contributed by atoms with Crippen LogP contribution in [0.3, 0.4) is 0 Å². The van der Waals surface area contributed by atoms with E-state index < -0.39 is 6.10 Å². The van der Waals surface area contributed by atoms with E-state index in [4.69, 9.17) is 5.11 Å². The van der Waals surface area contributed by atoms with Crippen molar-refractivity contribution in [3.63, 3.8) is 0 Å². The van der Waals surface area contributed by atoms with Gasteiger partial charge in [0, 0.05) is 6.54 Å². The maximum absolute atomic E-state index is 10.1. The third-order valence-electron chi connectivity index (χ3n) is 0.841. The lowest BCUT2D eigenvalue weighted by molar-refractivity contribution is 0.212. The standard InChI is InChI=1S/C4H6NO2/c6-4-1-2-5(7)3-4/h1-2,4,6H,3H2/q-1. The van der Waals surface area contributed by atoms with Crippen molar-refractivity contribution in [3.05, 3.63) is 17.5 Å². The van der Waals surface area contributed by atoms with E-state index in [2.05, 4.69) is 0 Å². The van der Waals surface area contributed by atoms with Gasteiger partial charge in [0.25, 0.3) is 0 Å². The van der Waals surface area contributed by atoms with Gasteiger partial charge in [-0.3, -0.25) is 0 Å². The topological polar surface area (TPSA) is 46.5 Å². The molecule has 3 nitrogen and oxygen atoms in total. The predicted molar refractivity (Wildman–Crippen MR) is 25.2 cm³/mol. The van der Waals surface area contributed by atoms with Crippen LogP contribution in [0.4, 0.5) is 0 Å². The summed E-state index contributed by atoms with van der Waals surface area (Å²) >= 11 is 0. The molecule has 0 fully saturated rings. The molecule has 40 valence electrons. The van der Waals surface area contributed by atoms with Crippen LogP contribution in [0, 0.1) is 5.21 Å². The number of nitrogens with zero attached hydrogens (tertiary/aromatic N) is 1. The van der Waals surface area contributed by atoms with Gasteiger partial charge in [0.2, 0.25) is 0 Å². The van der Waals surface area contributed by atoms with E-state index in [0.29, 0.717) is 5.06 Å². The molecule has 3 heteroatoms. The van der Waals surface area contributed by atoms with Crippen molar-refractivity contribution in [2.75, 3.05) is 6.54 Å². The molecule has 0 saturated heterocycles. The molecule has 1 rings (SSSR count). The second-order valence-electron chi connectivity index (χ2n) is 1.51. The zero-order valence-electron chi connectivity index (χ0n) is 3.74. The minimum absolute atomic E-state index is 0.194. The molecule has 0 aliphatic carbocycles. The van der Waals surface area contributed by atoms with Crippen molar-refractivity contribution in [2.45, 2.75) is 6.10 Å². The zero-order chi connectivity index (χ0) is 5.28. The number of rotatable bonds is 0. The number of hydrogen-bond acceptors (Lipinski definition) is 3.